The summed E-state index contributed by atoms with van der Waals surface area (Å²) in [5.41, 5.74) is -0.138. The van der Waals surface area contributed by atoms with E-state index in [4.69, 9.17) is 5.26 Å². The Morgan fingerprint density at radius 3 is 2.59 bits per heavy atom. The topological polar surface area (TPSA) is 27.0 Å². The van der Waals surface area contributed by atoms with E-state index in [0.29, 0.717) is 0 Å². The fourth-order valence-electron chi connectivity index (χ4n) is 2.63. The van der Waals surface area contributed by atoms with Gasteiger partial charge in [-0.15, -0.1) is 0 Å². The Hall–Kier alpha value is -0.550. The summed E-state index contributed by atoms with van der Waals surface area (Å²) in [6.07, 6.45) is 6.19. The van der Waals surface area contributed by atoms with Crippen molar-refractivity contribution in [1.82, 2.24) is 4.90 Å². The Bertz CT molecular complexity index is 265. The largest absolute Gasteiger partial charge is 0.300 e. The normalized spacial score (nSPS) is 26.8. The Labute approximate surface area is 107 Å². The van der Waals surface area contributed by atoms with E-state index in [-0.39, 0.29) is 5.41 Å². The quantitative estimate of drug-likeness (QED) is 0.678. The van der Waals surface area contributed by atoms with Gasteiger partial charge in [0.25, 0.3) is 0 Å². The van der Waals surface area contributed by atoms with Crippen LogP contribution in [0.4, 0.5) is 0 Å². The smallest absolute Gasteiger partial charge is 0.0683 e. The number of nitrogens with zero attached hydrogens (tertiary/aromatic N) is 2. The van der Waals surface area contributed by atoms with Crippen LogP contribution in [0.2, 0.25) is 0 Å². The van der Waals surface area contributed by atoms with Gasteiger partial charge in [-0.25, -0.2) is 0 Å². The van der Waals surface area contributed by atoms with Crippen molar-refractivity contribution in [3.8, 4) is 6.07 Å². The van der Waals surface area contributed by atoms with Crippen molar-refractivity contribution in [3.63, 3.8) is 0 Å². The highest BCUT2D eigenvalue weighted by molar-refractivity contribution is 4.91. The lowest BCUT2D eigenvalue weighted by Gasteiger charge is -2.36. The van der Waals surface area contributed by atoms with Crippen LogP contribution in [0.5, 0.6) is 0 Å². The van der Waals surface area contributed by atoms with Crippen LogP contribution in [0, 0.1) is 22.7 Å². The first-order valence-corrected chi connectivity index (χ1v) is 7.10. The molecule has 0 aromatic rings. The van der Waals surface area contributed by atoms with Crippen molar-refractivity contribution < 1.29 is 0 Å². The molecule has 1 fully saturated rings. The van der Waals surface area contributed by atoms with Crippen LogP contribution in [0.25, 0.3) is 0 Å². The second-order valence-corrected chi connectivity index (χ2v) is 6.48. The minimum Gasteiger partial charge on any atom is -0.300 e. The highest BCUT2D eigenvalue weighted by atomic mass is 15.2. The average Bonchev–Trinajstić information content (AvgIpc) is 2.29. The predicted molar refractivity (Wildman–Crippen MR) is 72.7 cm³/mol. The number of unbranched alkanes of at least 4 members (excludes halogenated alkanes) is 1. The maximum atomic E-state index is 8.96. The summed E-state index contributed by atoms with van der Waals surface area (Å²) in [5.74, 6) is 0.863. The molecule has 2 heteroatoms. The molecular formula is C15H28N2. The number of hydrogen-bond donors (Lipinski definition) is 0. The van der Waals surface area contributed by atoms with E-state index in [2.05, 4.69) is 24.8 Å². The van der Waals surface area contributed by atoms with Crippen LogP contribution < -0.4 is 0 Å². The zero-order valence-electron chi connectivity index (χ0n) is 12.0. The number of hydrogen-bond acceptors (Lipinski definition) is 2. The van der Waals surface area contributed by atoms with Crippen LogP contribution in [-0.2, 0) is 0 Å². The van der Waals surface area contributed by atoms with Gasteiger partial charge in [0.2, 0.25) is 0 Å². The van der Waals surface area contributed by atoms with E-state index in [1.807, 2.05) is 13.8 Å². The van der Waals surface area contributed by atoms with Crippen LogP contribution in [-0.4, -0.2) is 24.0 Å². The summed E-state index contributed by atoms with van der Waals surface area (Å²) < 4.78 is 0. The molecule has 1 heterocycles. The summed E-state index contributed by atoms with van der Waals surface area (Å²) in [4.78, 5) is 2.63. The second-order valence-electron chi connectivity index (χ2n) is 6.48. The first kappa shape index (κ1) is 14.5. The van der Waals surface area contributed by atoms with Gasteiger partial charge in [0.15, 0.2) is 0 Å². The Balaban J connectivity index is 2.20. The van der Waals surface area contributed by atoms with Crippen molar-refractivity contribution in [2.45, 2.75) is 65.8 Å². The van der Waals surface area contributed by atoms with Crippen LogP contribution in [0.1, 0.15) is 59.8 Å². The molecular weight excluding hydrogens is 208 g/mol. The maximum Gasteiger partial charge on any atom is 0.0683 e. The molecule has 0 saturated carbocycles. The first-order valence-electron chi connectivity index (χ1n) is 7.10. The van der Waals surface area contributed by atoms with Crippen LogP contribution in [0.3, 0.4) is 0 Å². The van der Waals surface area contributed by atoms with Crippen molar-refractivity contribution in [1.29, 1.82) is 5.26 Å². The van der Waals surface area contributed by atoms with Gasteiger partial charge in [0.05, 0.1) is 11.5 Å². The molecule has 0 aromatic carbocycles. The molecule has 98 valence electrons. The van der Waals surface area contributed by atoms with Gasteiger partial charge in [-0.3, -0.25) is 0 Å². The zero-order valence-corrected chi connectivity index (χ0v) is 12.0. The number of nitriles is 1. The summed E-state index contributed by atoms with van der Waals surface area (Å²) >= 11 is 0. The second kappa shape index (κ2) is 6.40. The number of likely N-dealkylation sites (tertiary alicyclic amines) is 1. The van der Waals surface area contributed by atoms with Gasteiger partial charge >= 0.3 is 0 Å². The van der Waals surface area contributed by atoms with E-state index in [1.54, 1.807) is 0 Å². The lowest BCUT2D eigenvalue weighted by molar-refractivity contribution is 0.122. The van der Waals surface area contributed by atoms with E-state index in [0.717, 1.165) is 18.4 Å². The van der Waals surface area contributed by atoms with E-state index in [1.165, 1.54) is 38.8 Å². The molecule has 0 radical (unpaired) electrons. The molecule has 0 bridgehead atoms. The zero-order chi connectivity index (χ0) is 12.9. The van der Waals surface area contributed by atoms with E-state index >= 15 is 0 Å². The van der Waals surface area contributed by atoms with Gasteiger partial charge in [0, 0.05) is 12.6 Å². The molecule has 1 aliphatic rings. The highest BCUT2D eigenvalue weighted by Crippen LogP contribution is 2.24. The number of rotatable bonds is 5. The van der Waals surface area contributed by atoms with Crippen molar-refractivity contribution >= 4 is 0 Å². The molecule has 1 saturated heterocycles. The Kier molecular flexibility index (Phi) is 5.46. The molecule has 0 amide bonds. The molecule has 0 aromatic heterocycles. The minimum absolute atomic E-state index is 0.138. The number of piperidine rings is 1. The Morgan fingerprint density at radius 1 is 1.24 bits per heavy atom. The molecule has 2 unspecified atom stereocenters. The summed E-state index contributed by atoms with van der Waals surface area (Å²) in [6.45, 7) is 11.3. The van der Waals surface area contributed by atoms with Crippen LogP contribution in [0.15, 0.2) is 0 Å². The third kappa shape index (κ3) is 5.08. The lowest BCUT2D eigenvalue weighted by atomic mass is 9.89. The Morgan fingerprint density at radius 2 is 1.94 bits per heavy atom. The summed E-state index contributed by atoms with van der Waals surface area (Å²) in [5, 5.41) is 8.96. The predicted octanol–water partition coefficient (Wildman–Crippen LogP) is 3.83. The van der Waals surface area contributed by atoms with Crippen molar-refractivity contribution in [2.24, 2.45) is 11.3 Å². The molecule has 0 aliphatic carbocycles. The third-order valence-corrected chi connectivity index (χ3v) is 4.05. The monoisotopic (exact) mass is 236 g/mol. The summed E-state index contributed by atoms with van der Waals surface area (Å²) in [7, 11) is 0. The lowest BCUT2D eigenvalue weighted by Crippen LogP contribution is -2.41. The fraction of sp³-hybridized carbons (Fsp3) is 0.933. The maximum absolute atomic E-state index is 8.96. The highest BCUT2D eigenvalue weighted by Gasteiger charge is 2.22. The SMILES string of the molecule is CC1CCC(C)N(CCCCC(C)(C)C#N)C1. The van der Waals surface area contributed by atoms with E-state index < -0.39 is 0 Å². The van der Waals surface area contributed by atoms with Crippen LogP contribution >= 0.6 is 0 Å². The van der Waals surface area contributed by atoms with Gasteiger partial charge in [-0.1, -0.05) is 13.3 Å². The molecule has 2 atom stereocenters. The molecule has 0 N–H and O–H groups in total. The van der Waals surface area contributed by atoms with Gasteiger partial charge in [-0.05, 0) is 58.9 Å². The molecule has 1 aliphatic heterocycles. The van der Waals surface area contributed by atoms with Crippen molar-refractivity contribution in [2.75, 3.05) is 13.1 Å². The van der Waals surface area contributed by atoms with Gasteiger partial charge < -0.3 is 4.90 Å². The standard InChI is InChI=1S/C15H28N2/c1-13-7-8-14(2)17(11-13)10-6-5-9-15(3,4)12-16/h13-14H,5-11H2,1-4H3. The summed E-state index contributed by atoms with van der Waals surface area (Å²) in [6, 6.07) is 3.14. The van der Waals surface area contributed by atoms with Crippen molar-refractivity contribution in [3.05, 3.63) is 0 Å². The minimum atomic E-state index is -0.138. The third-order valence-electron chi connectivity index (χ3n) is 4.05. The van der Waals surface area contributed by atoms with Gasteiger partial charge in [0.1, 0.15) is 0 Å². The first-order chi connectivity index (χ1) is 7.94. The molecule has 1 rings (SSSR count). The van der Waals surface area contributed by atoms with Gasteiger partial charge in [-0.2, -0.15) is 5.26 Å². The fourth-order valence-corrected chi connectivity index (χ4v) is 2.63. The molecule has 0 spiro atoms. The van der Waals surface area contributed by atoms with E-state index in [9.17, 15) is 0 Å². The molecule has 2 nitrogen and oxygen atoms in total. The molecule has 17 heavy (non-hydrogen) atoms. The average molecular weight is 236 g/mol.